The first-order valence-corrected chi connectivity index (χ1v) is 14.2. The molecule has 3 aliphatic rings. The number of hydrogen-bond acceptors (Lipinski definition) is 7. The Hall–Kier alpha value is -4.47. The van der Waals surface area contributed by atoms with E-state index < -0.39 is 47.9 Å². The summed E-state index contributed by atoms with van der Waals surface area (Å²) < 4.78 is 10.5. The average molecular weight is 619 g/mol. The third-order valence-electron chi connectivity index (χ3n) is 8.08. The van der Waals surface area contributed by atoms with Crippen LogP contribution in [0.25, 0.3) is 0 Å². The summed E-state index contributed by atoms with van der Waals surface area (Å²) in [5.74, 6) is -3.54. The normalized spacial score (nSPS) is 21.6. The van der Waals surface area contributed by atoms with E-state index in [1.165, 1.54) is 55.6 Å². The second-order valence-electron chi connectivity index (χ2n) is 10.5. The van der Waals surface area contributed by atoms with Crippen molar-refractivity contribution in [2.45, 2.75) is 6.42 Å². The van der Waals surface area contributed by atoms with Crippen LogP contribution in [0.4, 0.5) is 0 Å². The monoisotopic (exact) mass is 618 g/mol. The van der Waals surface area contributed by atoms with E-state index in [1.807, 2.05) is 12.2 Å². The number of rotatable bonds is 8. The quantitative estimate of drug-likeness (QED) is 0.111. The molecule has 0 radical (unpaired) electrons. The summed E-state index contributed by atoms with van der Waals surface area (Å²) in [4.78, 5) is 66.9. The van der Waals surface area contributed by atoms with Gasteiger partial charge in [0.1, 0.15) is 18.0 Å². The van der Waals surface area contributed by atoms with Gasteiger partial charge in [-0.25, -0.2) is 9.80 Å². The zero-order valence-corrected chi connectivity index (χ0v) is 24.2. The van der Waals surface area contributed by atoms with Gasteiger partial charge in [-0.3, -0.25) is 19.2 Å². The van der Waals surface area contributed by atoms with Gasteiger partial charge in [0.2, 0.25) is 0 Å². The molecular weight excluding hydrogens is 595 g/mol. The minimum Gasteiger partial charge on any atom is -0.497 e. The molecule has 43 heavy (non-hydrogen) atoms. The predicted molar refractivity (Wildman–Crippen MR) is 156 cm³/mol. The molecule has 11 heteroatoms. The summed E-state index contributed by atoms with van der Waals surface area (Å²) in [6, 6.07) is 16.4. The molecule has 1 aliphatic heterocycles. The van der Waals surface area contributed by atoms with Gasteiger partial charge < -0.3 is 9.47 Å². The molecule has 4 atom stereocenters. The SMILES string of the molecule is COc1cccc(C(=O)Oc2ccc(C(=O)CN(C(=O)c3ccc(Cl)c(Cl)c3)N3C(=O)[C@H]4[C@H](C3=O)[C@H]3C=C[C@H]4C3)cc2)c1. The number of amides is 3. The van der Waals surface area contributed by atoms with Crippen molar-refractivity contribution in [2.24, 2.45) is 23.7 Å². The lowest BCUT2D eigenvalue weighted by atomic mass is 9.85. The average Bonchev–Trinajstić information content (AvgIpc) is 3.71. The number of carbonyl (C=O) groups excluding carboxylic acids is 5. The summed E-state index contributed by atoms with van der Waals surface area (Å²) in [5, 5.41) is 2.05. The highest BCUT2D eigenvalue weighted by Crippen LogP contribution is 2.52. The van der Waals surface area contributed by atoms with Crippen LogP contribution in [0.5, 0.6) is 11.5 Å². The number of fused-ring (bicyclic) bond motifs is 5. The van der Waals surface area contributed by atoms with Gasteiger partial charge in [0, 0.05) is 11.1 Å². The fraction of sp³-hybridized carbons (Fsp3) is 0.219. The van der Waals surface area contributed by atoms with Crippen molar-refractivity contribution in [2.75, 3.05) is 13.7 Å². The number of esters is 1. The van der Waals surface area contributed by atoms with Gasteiger partial charge in [-0.1, -0.05) is 41.4 Å². The molecule has 1 saturated heterocycles. The molecule has 0 spiro atoms. The number of benzene rings is 3. The number of ether oxygens (including phenoxy) is 2. The molecule has 3 aromatic rings. The van der Waals surface area contributed by atoms with Crippen molar-refractivity contribution < 1.29 is 33.4 Å². The van der Waals surface area contributed by atoms with Crippen LogP contribution in [0.3, 0.4) is 0 Å². The third-order valence-corrected chi connectivity index (χ3v) is 8.81. The molecule has 9 nitrogen and oxygen atoms in total. The van der Waals surface area contributed by atoms with Crippen molar-refractivity contribution in [3.05, 3.63) is 106 Å². The summed E-state index contributed by atoms with van der Waals surface area (Å²) >= 11 is 12.2. The topological polar surface area (TPSA) is 110 Å². The number of carbonyl (C=O) groups is 5. The highest BCUT2D eigenvalue weighted by atomic mass is 35.5. The molecule has 0 N–H and O–H groups in total. The molecule has 3 amide bonds. The lowest BCUT2D eigenvalue weighted by Crippen LogP contribution is -2.52. The Balaban J connectivity index is 1.24. The van der Waals surface area contributed by atoms with E-state index in [0.29, 0.717) is 5.75 Å². The maximum Gasteiger partial charge on any atom is 0.343 e. The molecule has 2 fully saturated rings. The highest BCUT2D eigenvalue weighted by molar-refractivity contribution is 6.42. The first-order chi connectivity index (χ1) is 20.7. The van der Waals surface area contributed by atoms with Crippen LogP contribution in [-0.2, 0) is 9.59 Å². The van der Waals surface area contributed by atoms with Gasteiger partial charge in [0.05, 0.1) is 34.6 Å². The van der Waals surface area contributed by atoms with E-state index in [9.17, 15) is 24.0 Å². The predicted octanol–water partition coefficient (Wildman–Crippen LogP) is 5.27. The molecule has 2 bridgehead atoms. The van der Waals surface area contributed by atoms with Gasteiger partial charge in [-0.15, -0.1) is 0 Å². The fourth-order valence-electron chi connectivity index (χ4n) is 5.99. The highest BCUT2D eigenvalue weighted by Gasteiger charge is 2.61. The summed E-state index contributed by atoms with van der Waals surface area (Å²) in [6.45, 7) is -0.596. The first-order valence-electron chi connectivity index (χ1n) is 13.5. The lowest BCUT2D eigenvalue weighted by molar-refractivity contribution is -0.154. The van der Waals surface area contributed by atoms with Crippen molar-refractivity contribution in [1.29, 1.82) is 0 Å². The van der Waals surface area contributed by atoms with E-state index >= 15 is 0 Å². The summed E-state index contributed by atoms with van der Waals surface area (Å²) in [7, 11) is 1.49. The Morgan fingerprint density at radius 1 is 0.814 bits per heavy atom. The largest absolute Gasteiger partial charge is 0.497 e. The van der Waals surface area contributed by atoms with E-state index in [1.54, 1.807) is 18.2 Å². The standard InChI is InChI=1S/C32H24Cl2N2O7/c1-42-23-4-2-3-21(14-23)32(41)43-22-10-7-17(8-11-22)26(37)16-35(29(38)20-9-12-24(33)25(34)15-20)36-30(39)27-18-5-6-19(13-18)28(27)31(36)40/h2-12,14-15,18-19,27-28H,13,16H2,1H3/t18-,19-,27+,28+/m0/s1. The van der Waals surface area contributed by atoms with Crippen LogP contribution >= 0.6 is 23.2 Å². The van der Waals surface area contributed by atoms with Crippen LogP contribution in [0.1, 0.15) is 37.5 Å². The maximum atomic E-state index is 13.8. The molecule has 1 saturated carbocycles. The number of Topliss-reactive ketones (excluding diaryl/α,β-unsaturated/α-hetero) is 1. The Morgan fingerprint density at radius 3 is 2.09 bits per heavy atom. The molecule has 218 valence electrons. The number of hydrogen-bond donors (Lipinski definition) is 0. The van der Waals surface area contributed by atoms with Crippen molar-refractivity contribution >= 4 is 52.7 Å². The smallest absolute Gasteiger partial charge is 0.343 e. The minimum absolute atomic E-state index is 0.0563. The zero-order valence-electron chi connectivity index (χ0n) is 22.7. The molecule has 1 heterocycles. The van der Waals surface area contributed by atoms with E-state index in [0.717, 1.165) is 16.4 Å². The molecular formula is C32H24Cl2N2O7. The van der Waals surface area contributed by atoms with Crippen molar-refractivity contribution in [3.8, 4) is 11.5 Å². The van der Waals surface area contributed by atoms with Gasteiger partial charge in [-0.05, 0) is 78.9 Å². The second-order valence-corrected chi connectivity index (χ2v) is 11.4. The van der Waals surface area contributed by atoms with Crippen LogP contribution < -0.4 is 9.47 Å². The maximum absolute atomic E-state index is 13.8. The second kappa shape index (κ2) is 11.3. The fourth-order valence-corrected chi connectivity index (χ4v) is 6.29. The molecule has 6 rings (SSSR count). The Kier molecular flexibility index (Phi) is 7.54. The number of hydrazine groups is 1. The number of imide groups is 1. The van der Waals surface area contributed by atoms with Crippen LogP contribution in [0.15, 0.2) is 78.9 Å². The Morgan fingerprint density at radius 2 is 1.47 bits per heavy atom. The molecule has 3 aromatic carbocycles. The van der Waals surface area contributed by atoms with Crippen LogP contribution in [0, 0.1) is 23.7 Å². The van der Waals surface area contributed by atoms with Gasteiger partial charge in [-0.2, -0.15) is 5.01 Å². The third kappa shape index (κ3) is 5.19. The van der Waals surface area contributed by atoms with E-state index in [-0.39, 0.29) is 44.3 Å². The van der Waals surface area contributed by atoms with Crippen molar-refractivity contribution in [1.82, 2.24) is 10.0 Å². The first kappa shape index (κ1) is 28.6. The molecule has 0 unspecified atom stereocenters. The lowest BCUT2D eigenvalue weighted by Gasteiger charge is -2.31. The summed E-state index contributed by atoms with van der Waals surface area (Å²) in [6.07, 6.45) is 4.61. The van der Waals surface area contributed by atoms with E-state index in [2.05, 4.69) is 0 Å². The number of nitrogens with zero attached hydrogens (tertiary/aromatic N) is 2. The van der Waals surface area contributed by atoms with Gasteiger partial charge >= 0.3 is 5.97 Å². The van der Waals surface area contributed by atoms with Crippen LogP contribution in [-0.4, -0.2) is 53.1 Å². The zero-order chi connectivity index (χ0) is 30.4. The Labute approximate surface area is 256 Å². The van der Waals surface area contributed by atoms with E-state index in [4.69, 9.17) is 32.7 Å². The minimum atomic E-state index is -0.752. The van der Waals surface area contributed by atoms with Crippen molar-refractivity contribution in [3.63, 3.8) is 0 Å². The number of halogens is 2. The molecule has 0 aromatic heterocycles. The summed E-state index contributed by atoms with van der Waals surface area (Å²) in [5.41, 5.74) is 0.513. The molecule has 2 aliphatic carbocycles. The number of allylic oxidation sites excluding steroid dienone is 2. The van der Waals surface area contributed by atoms with Gasteiger partial charge in [0.15, 0.2) is 5.78 Å². The van der Waals surface area contributed by atoms with Crippen LogP contribution in [0.2, 0.25) is 10.0 Å². The number of methoxy groups -OCH3 is 1. The number of ketones is 1. The Bertz CT molecular complexity index is 1670. The van der Waals surface area contributed by atoms with Gasteiger partial charge in [0.25, 0.3) is 17.7 Å².